The highest BCUT2D eigenvalue weighted by atomic mass is 19.1. The molecule has 0 saturated heterocycles. The molecule has 1 heterocycles. The van der Waals surface area contributed by atoms with E-state index < -0.39 is 11.6 Å². The Morgan fingerprint density at radius 2 is 1.63 bits per heavy atom. The molecule has 2 aromatic carbocycles. The SMILES string of the molecule is Nc1cc2ccc(-c3c(F)cccc3F)cc2cn1. The quantitative estimate of drug-likeness (QED) is 0.720. The molecule has 1 aromatic heterocycles. The summed E-state index contributed by atoms with van der Waals surface area (Å²) in [5, 5.41) is 1.67. The zero-order valence-corrected chi connectivity index (χ0v) is 9.90. The standard InChI is InChI=1S/C15H10F2N2/c16-12-2-1-3-13(17)15(12)10-5-4-9-7-14(18)19-8-11(9)6-10/h1-8H,(H2,18,19). The lowest BCUT2D eigenvalue weighted by molar-refractivity contribution is 0.589. The number of nitrogens with zero attached hydrogens (tertiary/aromatic N) is 1. The molecule has 0 saturated carbocycles. The molecule has 0 atom stereocenters. The molecule has 94 valence electrons. The Bertz CT molecular complexity index is 749. The Labute approximate surface area is 108 Å². The second kappa shape index (κ2) is 4.31. The smallest absolute Gasteiger partial charge is 0.133 e. The molecule has 0 radical (unpaired) electrons. The van der Waals surface area contributed by atoms with Crippen molar-refractivity contribution in [3.05, 3.63) is 60.3 Å². The largest absolute Gasteiger partial charge is 0.384 e. The van der Waals surface area contributed by atoms with Crippen LogP contribution in [-0.4, -0.2) is 4.98 Å². The van der Waals surface area contributed by atoms with E-state index in [9.17, 15) is 8.78 Å². The summed E-state index contributed by atoms with van der Waals surface area (Å²) < 4.78 is 27.4. The number of halogens is 2. The van der Waals surface area contributed by atoms with E-state index >= 15 is 0 Å². The number of hydrogen-bond donors (Lipinski definition) is 1. The van der Waals surface area contributed by atoms with Crippen molar-refractivity contribution in [2.45, 2.75) is 0 Å². The molecule has 0 fully saturated rings. The molecule has 3 rings (SSSR count). The van der Waals surface area contributed by atoms with Gasteiger partial charge in [-0.05, 0) is 35.2 Å². The van der Waals surface area contributed by atoms with Crippen molar-refractivity contribution in [2.75, 3.05) is 5.73 Å². The van der Waals surface area contributed by atoms with Crippen LogP contribution in [0.2, 0.25) is 0 Å². The zero-order chi connectivity index (χ0) is 13.4. The van der Waals surface area contributed by atoms with Crippen molar-refractivity contribution in [3.8, 4) is 11.1 Å². The van der Waals surface area contributed by atoms with Crippen LogP contribution in [0.5, 0.6) is 0 Å². The summed E-state index contributed by atoms with van der Waals surface area (Å²) in [5.41, 5.74) is 6.04. The highest BCUT2D eigenvalue weighted by Gasteiger charge is 2.11. The van der Waals surface area contributed by atoms with Gasteiger partial charge in [0.2, 0.25) is 0 Å². The van der Waals surface area contributed by atoms with Gasteiger partial charge in [0.1, 0.15) is 17.5 Å². The average Bonchev–Trinajstić information content (AvgIpc) is 2.38. The second-order valence-electron chi connectivity index (χ2n) is 4.27. The molecule has 2 N–H and O–H groups in total. The molecule has 0 aliphatic carbocycles. The summed E-state index contributed by atoms with van der Waals surface area (Å²) in [6, 6.07) is 10.7. The monoisotopic (exact) mass is 256 g/mol. The van der Waals surface area contributed by atoms with Crippen molar-refractivity contribution < 1.29 is 8.78 Å². The van der Waals surface area contributed by atoms with Crippen molar-refractivity contribution >= 4 is 16.6 Å². The number of aromatic nitrogens is 1. The number of nitrogen functional groups attached to an aromatic ring is 1. The Morgan fingerprint density at radius 1 is 0.895 bits per heavy atom. The maximum absolute atomic E-state index is 13.7. The molecule has 0 spiro atoms. The van der Waals surface area contributed by atoms with Crippen LogP contribution in [0.3, 0.4) is 0 Å². The fourth-order valence-electron chi connectivity index (χ4n) is 2.09. The summed E-state index contributed by atoms with van der Waals surface area (Å²) in [5.74, 6) is -0.747. The van der Waals surface area contributed by atoms with E-state index in [0.717, 1.165) is 10.8 Å². The number of hydrogen-bond acceptors (Lipinski definition) is 2. The highest BCUT2D eigenvalue weighted by molar-refractivity contribution is 5.88. The van der Waals surface area contributed by atoms with Gasteiger partial charge < -0.3 is 5.73 Å². The van der Waals surface area contributed by atoms with Crippen molar-refractivity contribution in [2.24, 2.45) is 0 Å². The van der Waals surface area contributed by atoms with Crippen molar-refractivity contribution in [1.29, 1.82) is 0 Å². The van der Waals surface area contributed by atoms with Crippen LogP contribution in [0.4, 0.5) is 14.6 Å². The molecular weight excluding hydrogens is 246 g/mol. The van der Waals surface area contributed by atoms with E-state index in [-0.39, 0.29) is 5.56 Å². The van der Waals surface area contributed by atoms with E-state index in [2.05, 4.69) is 4.98 Å². The molecule has 2 nitrogen and oxygen atoms in total. The number of fused-ring (bicyclic) bond motifs is 1. The number of anilines is 1. The maximum atomic E-state index is 13.7. The molecule has 0 unspecified atom stereocenters. The first-order valence-electron chi connectivity index (χ1n) is 5.75. The molecule has 4 heteroatoms. The molecular formula is C15H10F2N2. The van der Waals surface area contributed by atoms with Gasteiger partial charge in [-0.25, -0.2) is 13.8 Å². The molecule has 0 aliphatic heterocycles. The van der Waals surface area contributed by atoms with E-state index in [0.29, 0.717) is 11.4 Å². The Hall–Kier alpha value is -2.49. The third-order valence-electron chi connectivity index (χ3n) is 2.99. The van der Waals surface area contributed by atoms with Gasteiger partial charge in [-0.3, -0.25) is 0 Å². The van der Waals surface area contributed by atoms with Gasteiger partial charge in [0, 0.05) is 11.6 Å². The second-order valence-corrected chi connectivity index (χ2v) is 4.27. The van der Waals surface area contributed by atoms with Crippen LogP contribution in [0.25, 0.3) is 21.9 Å². The van der Waals surface area contributed by atoms with Crippen LogP contribution in [0, 0.1) is 11.6 Å². The lowest BCUT2D eigenvalue weighted by atomic mass is 10.0. The van der Waals surface area contributed by atoms with Crippen molar-refractivity contribution in [3.63, 3.8) is 0 Å². The summed E-state index contributed by atoms with van der Waals surface area (Å²) in [7, 11) is 0. The summed E-state index contributed by atoms with van der Waals surface area (Å²) in [6.45, 7) is 0. The summed E-state index contributed by atoms with van der Waals surface area (Å²) >= 11 is 0. The average molecular weight is 256 g/mol. The number of benzene rings is 2. The van der Waals surface area contributed by atoms with E-state index in [1.165, 1.54) is 18.2 Å². The van der Waals surface area contributed by atoms with Crippen molar-refractivity contribution in [1.82, 2.24) is 4.98 Å². The van der Waals surface area contributed by atoms with Crippen LogP contribution in [0.15, 0.2) is 48.7 Å². The first kappa shape index (κ1) is 11.6. The Morgan fingerprint density at radius 3 is 2.37 bits per heavy atom. The summed E-state index contributed by atoms with van der Waals surface area (Å²) in [4.78, 5) is 3.98. The third-order valence-corrected chi connectivity index (χ3v) is 2.99. The topological polar surface area (TPSA) is 38.9 Å². The van der Waals surface area contributed by atoms with Gasteiger partial charge >= 0.3 is 0 Å². The fraction of sp³-hybridized carbons (Fsp3) is 0. The molecule has 19 heavy (non-hydrogen) atoms. The first-order chi connectivity index (χ1) is 9.15. The van der Waals surface area contributed by atoms with Gasteiger partial charge in [0.15, 0.2) is 0 Å². The van der Waals surface area contributed by atoms with Crippen LogP contribution in [0.1, 0.15) is 0 Å². The van der Waals surface area contributed by atoms with Crippen LogP contribution >= 0.6 is 0 Å². The zero-order valence-electron chi connectivity index (χ0n) is 9.90. The minimum atomic E-state index is -0.581. The van der Waals surface area contributed by atoms with Gasteiger partial charge in [0.05, 0.1) is 5.56 Å². The Kier molecular flexibility index (Phi) is 2.63. The fourth-order valence-corrected chi connectivity index (χ4v) is 2.09. The Balaban J connectivity index is 2.24. The minimum Gasteiger partial charge on any atom is -0.384 e. The number of nitrogens with two attached hydrogens (primary N) is 1. The normalized spacial score (nSPS) is 10.8. The third kappa shape index (κ3) is 2.01. The lowest BCUT2D eigenvalue weighted by Gasteiger charge is -2.07. The molecule has 0 bridgehead atoms. The number of pyridine rings is 1. The minimum absolute atomic E-state index is 0.0266. The van der Waals surface area contributed by atoms with Gasteiger partial charge in [0.25, 0.3) is 0 Å². The van der Waals surface area contributed by atoms with Gasteiger partial charge in [-0.2, -0.15) is 0 Å². The highest BCUT2D eigenvalue weighted by Crippen LogP contribution is 2.28. The first-order valence-corrected chi connectivity index (χ1v) is 5.75. The van der Waals surface area contributed by atoms with E-state index in [4.69, 9.17) is 5.73 Å². The predicted molar refractivity (Wildman–Crippen MR) is 71.5 cm³/mol. The maximum Gasteiger partial charge on any atom is 0.133 e. The summed E-state index contributed by atoms with van der Waals surface area (Å²) in [6.07, 6.45) is 1.59. The number of rotatable bonds is 1. The van der Waals surface area contributed by atoms with Crippen LogP contribution < -0.4 is 5.73 Å². The lowest BCUT2D eigenvalue weighted by Crippen LogP contribution is -1.91. The van der Waals surface area contributed by atoms with Crippen LogP contribution in [-0.2, 0) is 0 Å². The van der Waals surface area contributed by atoms with E-state index in [1.54, 1.807) is 30.5 Å². The molecule has 0 amide bonds. The molecule has 3 aromatic rings. The molecule has 0 aliphatic rings. The van der Waals surface area contributed by atoms with E-state index in [1.807, 2.05) is 0 Å². The van der Waals surface area contributed by atoms with Gasteiger partial charge in [-0.15, -0.1) is 0 Å². The predicted octanol–water partition coefficient (Wildman–Crippen LogP) is 3.76. The van der Waals surface area contributed by atoms with Gasteiger partial charge in [-0.1, -0.05) is 18.2 Å².